The summed E-state index contributed by atoms with van der Waals surface area (Å²) >= 11 is 5.02. The predicted molar refractivity (Wildman–Crippen MR) is 185 cm³/mol. The maximum atomic E-state index is 11.9. The smallest absolute Gasteiger partial charge is 0.305 e. The number of carbonyl (C=O) groups excluding carboxylic acids is 3. The number of hydrogen-bond acceptors (Lipinski definition) is 5. The molecular weight excluding hydrogens is 730 g/mol. The topological polar surface area (TPSA) is 69.7 Å². The maximum Gasteiger partial charge on any atom is 0.305 e. The van der Waals surface area contributed by atoms with E-state index < -0.39 is 0 Å². The number of alkyl halides is 2. The molecule has 1 atom stereocenters. The molecule has 1 unspecified atom stereocenters. The Morgan fingerprint density at radius 2 is 0.925 bits per heavy atom. The lowest BCUT2D eigenvalue weighted by molar-refractivity contribution is -0.144. The molecule has 0 amide bonds. The van der Waals surface area contributed by atoms with Crippen LogP contribution in [0.25, 0.3) is 0 Å². The number of esters is 2. The number of methoxy groups -OCH3 is 1. The van der Waals surface area contributed by atoms with E-state index in [9.17, 15) is 14.4 Å². The Morgan fingerprint density at radius 1 is 0.525 bits per heavy atom. The second-order valence-electron chi connectivity index (χ2n) is 11.3. The van der Waals surface area contributed by atoms with E-state index >= 15 is 0 Å². The molecule has 0 heterocycles. The summed E-state index contributed by atoms with van der Waals surface area (Å²) in [5, 5.41) is 0. The van der Waals surface area contributed by atoms with Gasteiger partial charge in [-0.2, -0.15) is 0 Å². The summed E-state index contributed by atoms with van der Waals surface area (Å²) in [6, 6.07) is 0. The quantitative estimate of drug-likeness (QED) is 0.0303. The largest absolute Gasteiger partial charge is 0.469 e. The molecule has 0 aromatic rings. The molecule has 0 spiro atoms. The van der Waals surface area contributed by atoms with E-state index in [1.54, 1.807) is 0 Å². The van der Waals surface area contributed by atoms with Gasteiger partial charge >= 0.3 is 11.9 Å². The zero-order valence-electron chi connectivity index (χ0n) is 25.7. The maximum absolute atomic E-state index is 11.9. The zero-order valence-corrected chi connectivity index (χ0v) is 30.0. The van der Waals surface area contributed by atoms with Crippen molar-refractivity contribution in [1.29, 1.82) is 0 Å². The van der Waals surface area contributed by atoms with Gasteiger partial charge in [0.15, 0.2) is 0 Å². The standard InChI is InChI=1S/C33H60I2O5/c1-39-32(37)26-18-8-4-2-6-14-22-30(35)23-15-11-13-21-29-40-33(38)27-19-9-5-3-7-16-24-31(36)25-17-10-12-20-28-34/h30H,2-29H2,1H3. The summed E-state index contributed by atoms with van der Waals surface area (Å²) in [5.41, 5.74) is 0. The number of ether oxygens (including phenoxy) is 2. The van der Waals surface area contributed by atoms with Crippen LogP contribution in [0, 0.1) is 0 Å². The summed E-state index contributed by atoms with van der Waals surface area (Å²) in [6.07, 6.45) is 28.2. The second-order valence-corrected chi connectivity index (χ2v) is 14.1. The highest BCUT2D eigenvalue weighted by Gasteiger charge is 2.06. The fourth-order valence-corrected chi connectivity index (χ4v) is 6.28. The van der Waals surface area contributed by atoms with Crippen LogP contribution in [-0.4, -0.2) is 39.8 Å². The molecule has 236 valence electrons. The lowest BCUT2D eigenvalue weighted by Crippen LogP contribution is -2.05. The molecule has 0 aliphatic carbocycles. The molecule has 0 saturated carbocycles. The molecule has 0 aromatic carbocycles. The molecular formula is C33H60I2O5. The van der Waals surface area contributed by atoms with Crippen molar-refractivity contribution in [2.24, 2.45) is 0 Å². The highest BCUT2D eigenvalue weighted by Crippen LogP contribution is 2.20. The Balaban J connectivity index is 3.34. The SMILES string of the molecule is COC(=O)CCCCCCCCC(I)CCCCCCOC(=O)CCCCCCCCC(=O)CCCCCCI. The van der Waals surface area contributed by atoms with Crippen LogP contribution in [0.1, 0.15) is 167 Å². The molecule has 0 aromatic heterocycles. The third-order valence-electron chi connectivity index (χ3n) is 7.48. The van der Waals surface area contributed by atoms with E-state index in [-0.39, 0.29) is 11.9 Å². The van der Waals surface area contributed by atoms with Crippen molar-refractivity contribution in [2.45, 2.75) is 171 Å². The molecule has 0 fully saturated rings. The fourth-order valence-electron chi connectivity index (χ4n) is 4.86. The van der Waals surface area contributed by atoms with Crippen molar-refractivity contribution < 1.29 is 23.9 Å². The average molecular weight is 791 g/mol. The minimum Gasteiger partial charge on any atom is -0.469 e. The fraction of sp³-hybridized carbons (Fsp3) is 0.909. The van der Waals surface area contributed by atoms with Gasteiger partial charge in [-0.1, -0.05) is 135 Å². The van der Waals surface area contributed by atoms with Crippen molar-refractivity contribution >= 4 is 62.9 Å². The van der Waals surface area contributed by atoms with Crippen LogP contribution in [-0.2, 0) is 23.9 Å². The molecule has 40 heavy (non-hydrogen) atoms. The number of carbonyl (C=O) groups is 3. The van der Waals surface area contributed by atoms with Gasteiger partial charge in [-0.25, -0.2) is 0 Å². The van der Waals surface area contributed by atoms with Crippen molar-refractivity contribution in [2.75, 3.05) is 18.1 Å². The first-order valence-electron chi connectivity index (χ1n) is 16.4. The molecule has 7 heteroatoms. The summed E-state index contributed by atoms with van der Waals surface area (Å²) in [4.78, 5) is 34.9. The van der Waals surface area contributed by atoms with Gasteiger partial charge in [-0.15, -0.1) is 0 Å². The molecule has 0 aliphatic rings. The minimum absolute atomic E-state index is 0.0418. The van der Waals surface area contributed by atoms with Crippen molar-refractivity contribution in [1.82, 2.24) is 0 Å². The summed E-state index contributed by atoms with van der Waals surface area (Å²) in [5.74, 6) is 0.307. The van der Waals surface area contributed by atoms with Gasteiger partial charge in [-0.3, -0.25) is 14.4 Å². The summed E-state index contributed by atoms with van der Waals surface area (Å²) in [6.45, 7) is 0.568. The highest BCUT2D eigenvalue weighted by atomic mass is 127. The zero-order chi connectivity index (χ0) is 29.5. The molecule has 0 saturated heterocycles. The highest BCUT2D eigenvalue weighted by molar-refractivity contribution is 14.1. The monoisotopic (exact) mass is 790 g/mol. The first-order chi connectivity index (χ1) is 19.5. The van der Waals surface area contributed by atoms with Gasteiger partial charge in [0.05, 0.1) is 13.7 Å². The summed E-state index contributed by atoms with van der Waals surface area (Å²) < 4.78 is 12.1. The van der Waals surface area contributed by atoms with Gasteiger partial charge in [0.25, 0.3) is 0 Å². The van der Waals surface area contributed by atoms with E-state index in [1.807, 2.05) is 0 Å². The van der Waals surface area contributed by atoms with Crippen molar-refractivity contribution in [3.63, 3.8) is 0 Å². The third-order valence-corrected chi connectivity index (χ3v) is 9.48. The molecule has 0 N–H and O–H groups in total. The Hall–Kier alpha value is 0.0700. The summed E-state index contributed by atoms with van der Waals surface area (Å²) in [7, 11) is 1.45. The van der Waals surface area contributed by atoms with Gasteiger partial charge in [0.1, 0.15) is 5.78 Å². The minimum atomic E-state index is -0.0912. The van der Waals surface area contributed by atoms with Crippen LogP contribution in [0.15, 0.2) is 0 Å². The lowest BCUT2D eigenvalue weighted by Gasteiger charge is -2.10. The number of Topliss-reactive ketones (excluding diaryl/α,β-unsaturated/α-hetero) is 1. The van der Waals surface area contributed by atoms with Crippen LogP contribution in [0.5, 0.6) is 0 Å². The van der Waals surface area contributed by atoms with E-state index in [0.717, 1.165) is 87.4 Å². The normalized spacial score (nSPS) is 11.9. The number of ketones is 1. The number of halogens is 2. The molecule has 5 nitrogen and oxygen atoms in total. The van der Waals surface area contributed by atoms with Gasteiger partial charge in [0, 0.05) is 29.6 Å². The van der Waals surface area contributed by atoms with Crippen molar-refractivity contribution in [3.8, 4) is 0 Å². The average Bonchev–Trinajstić information content (AvgIpc) is 2.94. The Labute approximate surface area is 274 Å². The number of unbranched alkanes of at least 4 members (excludes halogenated alkanes) is 16. The lowest BCUT2D eigenvalue weighted by atomic mass is 10.0. The predicted octanol–water partition coefficient (Wildman–Crippen LogP) is 10.7. The van der Waals surface area contributed by atoms with E-state index in [4.69, 9.17) is 4.74 Å². The van der Waals surface area contributed by atoms with Gasteiger partial charge in [0.2, 0.25) is 0 Å². The van der Waals surface area contributed by atoms with Crippen LogP contribution < -0.4 is 0 Å². The Bertz CT molecular complexity index is 599. The van der Waals surface area contributed by atoms with Crippen LogP contribution >= 0.6 is 45.2 Å². The molecule has 0 rings (SSSR count). The molecule has 0 bridgehead atoms. The van der Waals surface area contributed by atoms with E-state index in [0.29, 0.717) is 25.2 Å². The van der Waals surface area contributed by atoms with Crippen LogP contribution in [0.4, 0.5) is 0 Å². The van der Waals surface area contributed by atoms with E-state index in [1.165, 1.54) is 82.2 Å². The van der Waals surface area contributed by atoms with Crippen LogP contribution in [0.3, 0.4) is 0 Å². The first-order valence-corrected chi connectivity index (χ1v) is 19.2. The third kappa shape index (κ3) is 31.0. The second kappa shape index (κ2) is 32.0. The van der Waals surface area contributed by atoms with Gasteiger partial charge in [-0.05, 0) is 55.8 Å². The van der Waals surface area contributed by atoms with Crippen molar-refractivity contribution in [3.05, 3.63) is 0 Å². The van der Waals surface area contributed by atoms with Crippen LogP contribution in [0.2, 0.25) is 0 Å². The molecule has 0 aliphatic heterocycles. The number of rotatable bonds is 31. The Morgan fingerprint density at radius 3 is 1.43 bits per heavy atom. The van der Waals surface area contributed by atoms with Gasteiger partial charge < -0.3 is 9.47 Å². The molecule has 0 radical (unpaired) electrons. The number of hydrogen-bond donors (Lipinski definition) is 0. The Kier molecular flexibility index (Phi) is 32.0. The van der Waals surface area contributed by atoms with E-state index in [2.05, 4.69) is 49.9 Å². The first kappa shape index (κ1) is 40.1.